The van der Waals surface area contributed by atoms with Crippen LogP contribution in [0.2, 0.25) is 5.02 Å². The van der Waals surface area contributed by atoms with Crippen LogP contribution in [0.3, 0.4) is 0 Å². The van der Waals surface area contributed by atoms with E-state index in [0.29, 0.717) is 0 Å². The van der Waals surface area contributed by atoms with Gasteiger partial charge in [-0.25, -0.2) is 13.8 Å². The van der Waals surface area contributed by atoms with E-state index < -0.39 is 12.4 Å². The van der Waals surface area contributed by atoms with Crippen LogP contribution >= 0.6 is 27.5 Å². The summed E-state index contributed by atoms with van der Waals surface area (Å²) in [4.78, 5) is 14.9. The molecule has 1 heterocycles. The number of hydrogen-bond acceptors (Lipinski definition) is 3. The molecule has 16 heavy (non-hydrogen) atoms. The average molecular weight is 315 g/mol. The van der Waals surface area contributed by atoms with Gasteiger partial charge in [0.2, 0.25) is 0 Å². The minimum atomic E-state index is -2.72. The second-order valence-corrected chi connectivity index (χ2v) is 4.04. The van der Waals surface area contributed by atoms with Gasteiger partial charge < -0.3 is 4.74 Å². The van der Waals surface area contributed by atoms with Gasteiger partial charge in [0.15, 0.2) is 0 Å². The lowest BCUT2D eigenvalue weighted by Gasteiger charge is -2.08. The number of carbonyl (C=O) groups excluding carboxylic acids is 1. The highest BCUT2D eigenvalue weighted by atomic mass is 79.9. The number of alkyl halides is 2. The van der Waals surface area contributed by atoms with E-state index in [1.54, 1.807) is 0 Å². The van der Waals surface area contributed by atoms with Crippen molar-refractivity contribution < 1.29 is 18.3 Å². The molecule has 0 aromatic carbocycles. The van der Waals surface area contributed by atoms with Crippen LogP contribution in [0.25, 0.3) is 0 Å². The van der Waals surface area contributed by atoms with Gasteiger partial charge >= 0.3 is 5.97 Å². The van der Waals surface area contributed by atoms with Gasteiger partial charge in [0.05, 0.1) is 24.2 Å². The first-order valence-electron chi connectivity index (χ1n) is 4.15. The first-order valence-corrected chi connectivity index (χ1v) is 5.32. The molecule has 0 radical (unpaired) electrons. The molecule has 7 heteroatoms. The molecule has 0 amide bonds. The number of rotatable bonds is 3. The minimum Gasteiger partial charge on any atom is -0.469 e. The van der Waals surface area contributed by atoms with Gasteiger partial charge in [-0.05, 0) is 22.0 Å². The molecule has 1 aromatic heterocycles. The lowest BCUT2D eigenvalue weighted by Crippen LogP contribution is -2.08. The lowest BCUT2D eigenvalue weighted by atomic mass is 10.2. The molecule has 0 aliphatic rings. The molecule has 0 fully saturated rings. The summed E-state index contributed by atoms with van der Waals surface area (Å²) >= 11 is 8.68. The molecular weight excluding hydrogens is 307 g/mol. The Bertz CT molecular complexity index is 415. The van der Waals surface area contributed by atoms with Crippen molar-refractivity contribution >= 4 is 33.5 Å². The van der Waals surface area contributed by atoms with Crippen LogP contribution in [0, 0.1) is 0 Å². The quantitative estimate of drug-likeness (QED) is 0.635. The smallest absolute Gasteiger partial charge is 0.311 e. The average Bonchev–Trinajstić information content (AvgIpc) is 2.22. The van der Waals surface area contributed by atoms with Gasteiger partial charge in [-0.1, -0.05) is 11.6 Å². The molecule has 88 valence electrons. The fraction of sp³-hybridized carbons (Fsp3) is 0.333. The molecule has 0 unspecified atom stereocenters. The van der Waals surface area contributed by atoms with Crippen molar-refractivity contribution in [3.8, 4) is 0 Å². The highest BCUT2D eigenvalue weighted by Gasteiger charge is 2.19. The summed E-state index contributed by atoms with van der Waals surface area (Å²) in [6.07, 6.45) is -2.96. The van der Waals surface area contributed by atoms with Crippen molar-refractivity contribution in [1.82, 2.24) is 4.98 Å². The van der Waals surface area contributed by atoms with Crippen LogP contribution in [0.15, 0.2) is 10.7 Å². The van der Waals surface area contributed by atoms with Gasteiger partial charge in [-0.2, -0.15) is 0 Å². The molecule has 0 spiro atoms. The van der Waals surface area contributed by atoms with Gasteiger partial charge in [-0.3, -0.25) is 4.79 Å². The van der Waals surface area contributed by atoms with E-state index >= 15 is 0 Å². The number of halogens is 4. The van der Waals surface area contributed by atoms with Crippen LogP contribution in [0.5, 0.6) is 0 Å². The van der Waals surface area contributed by atoms with Crippen molar-refractivity contribution in [2.45, 2.75) is 12.8 Å². The SMILES string of the molecule is COC(=O)Cc1nc(Br)cc(C(F)F)c1Cl. The van der Waals surface area contributed by atoms with Crippen molar-refractivity contribution in [3.63, 3.8) is 0 Å². The van der Waals surface area contributed by atoms with Crippen LogP contribution in [0.4, 0.5) is 8.78 Å². The summed E-state index contributed by atoms with van der Waals surface area (Å²) < 4.78 is 29.7. The Labute approximate surface area is 104 Å². The normalized spacial score (nSPS) is 10.6. The highest BCUT2D eigenvalue weighted by Crippen LogP contribution is 2.31. The van der Waals surface area contributed by atoms with E-state index in [-0.39, 0.29) is 27.3 Å². The summed E-state index contributed by atoms with van der Waals surface area (Å²) in [7, 11) is 1.20. The summed E-state index contributed by atoms with van der Waals surface area (Å²) in [5.74, 6) is -0.590. The molecule has 3 nitrogen and oxygen atoms in total. The first kappa shape index (κ1) is 13.3. The largest absolute Gasteiger partial charge is 0.469 e. The Morgan fingerprint density at radius 2 is 2.31 bits per heavy atom. The molecule has 1 rings (SSSR count). The number of esters is 1. The minimum absolute atomic E-state index is 0.0678. The molecule has 0 atom stereocenters. The Kier molecular flexibility index (Phi) is 4.61. The fourth-order valence-electron chi connectivity index (χ4n) is 1.05. The van der Waals surface area contributed by atoms with Crippen molar-refractivity contribution in [2.75, 3.05) is 7.11 Å². The molecular formula is C9H7BrClF2NO2. The zero-order valence-electron chi connectivity index (χ0n) is 8.14. The molecule has 0 saturated carbocycles. The second kappa shape index (κ2) is 5.54. The van der Waals surface area contributed by atoms with Gasteiger partial charge in [0.25, 0.3) is 6.43 Å². The van der Waals surface area contributed by atoms with E-state index in [1.165, 1.54) is 7.11 Å². The molecule has 0 aliphatic heterocycles. The molecule has 0 N–H and O–H groups in total. The maximum atomic E-state index is 12.6. The number of pyridine rings is 1. The van der Waals surface area contributed by atoms with Crippen LogP contribution in [-0.4, -0.2) is 18.1 Å². The predicted molar refractivity (Wildman–Crippen MR) is 57.6 cm³/mol. The highest BCUT2D eigenvalue weighted by molar-refractivity contribution is 9.10. The van der Waals surface area contributed by atoms with Gasteiger partial charge in [0.1, 0.15) is 4.60 Å². The van der Waals surface area contributed by atoms with Crippen LogP contribution in [0.1, 0.15) is 17.7 Å². The van der Waals surface area contributed by atoms with E-state index in [2.05, 4.69) is 25.7 Å². The van der Waals surface area contributed by atoms with Crippen molar-refractivity contribution in [3.05, 3.63) is 26.9 Å². The summed E-state index contributed by atoms with van der Waals surface area (Å²) in [6, 6.07) is 1.12. The van der Waals surface area contributed by atoms with Crippen LogP contribution < -0.4 is 0 Å². The number of ether oxygens (including phenoxy) is 1. The zero-order chi connectivity index (χ0) is 12.3. The summed E-state index contributed by atoms with van der Waals surface area (Å²) in [6.45, 7) is 0. The fourth-order valence-corrected chi connectivity index (χ4v) is 1.76. The number of aromatic nitrogens is 1. The Hall–Kier alpha value is -0.750. The third-order valence-electron chi connectivity index (χ3n) is 1.80. The topological polar surface area (TPSA) is 39.2 Å². The summed E-state index contributed by atoms with van der Waals surface area (Å²) in [5, 5.41) is -0.205. The first-order chi connectivity index (χ1) is 7.45. The molecule has 1 aromatic rings. The maximum absolute atomic E-state index is 12.6. The number of methoxy groups -OCH3 is 1. The number of hydrogen-bond donors (Lipinski definition) is 0. The molecule has 0 bridgehead atoms. The molecule has 0 saturated heterocycles. The Morgan fingerprint density at radius 3 is 2.81 bits per heavy atom. The standard InChI is InChI=1S/C9H7BrClF2NO2/c1-16-7(15)3-5-8(11)4(9(12)13)2-6(10)14-5/h2,9H,3H2,1H3. The van der Waals surface area contributed by atoms with E-state index in [0.717, 1.165) is 6.07 Å². The van der Waals surface area contributed by atoms with E-state index in [4.69, 9.17) is 11.6 Å². The Morgan fingerprint density at radius 1 is 1.69 bits per heavy atom. The predicted octanol–water partition coefficient (Wildman–Crippen LogP) is 3.15. The monoisotopic (exact) mass is 313 g/mol. The van der Waals surface area contributed by atoms with Crippen molar-refractivity contribution in [2.24, 2.45) is 0 Å². The third kappa shape index (κ3) is 3.12. The zero-order valence-corrected chi connectivity index (χ0v) is 10.5. The van der Waals surface area contributed by atoms with Gasteiger partial charge in [0, 0.05) is 5.56 Å². The van der Waals surface area contributed by atoms with Gasteiger partial charge in [-0.15, -0.1) is 0 Å². The molecule has 0 aliphatic carbocycles. The maximum Gasteiger partial charge on any atom is 0.311 e. The van der Waals surface area contributed by atoms with E-state index in [9.17, 15) is 13.6 Å². The Balaban J connectivity index is 3.14. The van der Waals surface area contributed by atoms with E-state index in [1.807, 2.05) is 0 Å². The van der Waals surface area contributed by atoms with Crippen molar-refractivity contribution in [1.29, 1.82) is 0 Å². The summed E-state index contributed by atoms with van der Waals surface area (Å²) in [5.41, 5.74) is -0.291. The number of carbonyl (C=O) groups is 1. The van der Waals surface area contributed by atoms with Crippen LogP contribution in [-0.2, 0) is 16.0 Å². The number of nitrogens with zero attached hydrogens (tertiary/aromatic N) is 1. The lowest BCUT2D eigenvalue weighted by molar-refractivity contribution is -0.139. The third-order valence-corrected chi connectivity index (χ3v) is 2.64. The second-order valence-electron chi connectivity index (χ2n) is 2.85.